The van der Waals surface area contributed by atoms with Gasteiger partial charge in [0.05, 0.1) is 6.04 Å². The summed E-state index contributed by atoms with van der Waals surface area (Å²) in [5.74, 6) is -0.515. The van der Waals surface area contributed by atoms with Gasteiger partial charge in [0, 0.05) is 18.7 Å². The van der Waals surface area contributed by atoms with Crippen LogP contribution in [0.4, 0.5) is 4.79 Å². The van der Waals surface area contributed by atoms with Gasteiger partial charge in [0.1, 0.15) is 12.4 Å². The Morgan fingerprint density at radius 1 is 1.10 bits per heavy atom. The van der Waals surface area contributed by atoms with Crippen LogP contribution in [0.1, 0.15) is 52.2 Å². The summed E-state index contributed by atoms with van der Waals surface area (Å²) in [7, 11) is 0. The average Bonchev–Trinajstić information content (AvgIpc) is 3.33. The second-order valence-electron chi connectivity index (χ2n) is 7.65. The van der Waals surface area contributed by atoms with Crippen LogP contribution >= 0.6 is 0 Å². The van der Waals surface area contributed by atoms with Gasteiger partial charge in [-0.05, 0) is 35.1 Å². The van der Waals surface area contributed by atoms with Gasteiger partial charge in [0.15, 0.2) is 5.69 Å². The van der Waals surface area contributed by atoms with Crippen molar-refractivity contribution in [3.8, 4) is 11.1 Å². The number of alkyl carbamates (subject to hydrolysis) is 1. The second kappa shape index (κ2) is 7.33. The maximum Gasteiger partial charge on any atom is 0.407 e. The minimum atomic E-state index is -1.07. The molecule has 2 heterocycles. The number of aromatic nitrogens is 2. The van der Waals surface area contributed by atoms with Gasteiger partial charge in [-0.1, -0.05) is 48.5 Å². The van der Waals surface area contributed by atoms with Gasteiger partial charge < -0.3 is 19.7 Å². The molecule has 2 N–H and O–H groups in total. The van der Waals surface area contributed by atoms with Gasteiger partial charge >= 0.3 is 12.1 Å². The fourth-order valence-corrected chi connectivity index (χ4v) is 4.50. The van der Waals surface area contributed by atoms with E-state index in [1.54, 1.807) is 4.57 Å². The third-order valence-electron chi connectivity index (χ3n) is 5.87. The van der Waals surface area contributed by atoms with Crippen LogP contribution in [0.25, 0.3) is 11.1 Å². The van der Waals surface area contributed by atoms with E-state index in [1.807, 2.05) is 24.3 Å². The zero-order valence-corrected chi connectivity index (χ0v) is 16.2. The van der Waals surface area contributed by atoms with Crippen molar-refractivity contribution in [2.75, 3.05) is 6.61 Å². The molecule has 0 spiro atoms. The number of carboxylic acid groups (broad SMARTS) is 1. The van der Waals surface area contributed by atoms with Gasteiger partial charge in [0.25, 0.3) is 0 Å². The van der Waals surface area contributed by atoms with Gasteiger partial charge in [-0.3, -0.25) is 0 Å². The van der Waals surface area contributed by atoms with Gasteiger partial charge in [-0.25, -0.2) is 14.6 Å². The van der Waals surface area contributed by atoms with Gasteiger partial charge in [-0.2, -0.15) is 0 Å². The summed E-state index contributed by atoms with van der Waals surface area (Å²) in [6.07, 6.45) is 2.52. The molecule has 1 amide bonds. The first kappa shape index (κ1) is 18.4. The molecule has 3 aromatic rings. The summed E-state index contributed by atoms with van der Waals surface area (Å²) in [4.78, 5) is 27.9. The lowest BCUT2D eigenvalue weighted by atomic mass is 9.98. The van der Waals surface area contributed by atoms with E-state index >= 15 is 0 Å². The Kier molecular flexibility index (Phi) is 4.50. The molecule has 30 heavy (non-hydrogen) atoms. The number of carbonyl (C=O) groups excluding carboxylic acids is 1. The number of fused-ring (bicyclic) bond motifs is 4. The standard InChI is InChI=1S/C23H21N3O4/c27-22(28)20-12-26-11-5-10-19(21(26)24-20)25-23(29)30-13-18-16-8-3-1-6-14(16)15-7-2-4-9-17(15)18/h1-4,6-9,12,18-19H,5,10-11,13H2,(H,25,29)(H,27,28). The van der Waals surface area contributed by atoms with Crippen LogP contribution in [0, 0.1) is 0 Å². The molecular weight excluding hydrogens is 382 g/mol. The molecule has 1 unspecified atom stereocenters. The number of rotatable bonds is 4. The largest absolute Gasteiger partial charge is 0.476 e. The topological polar surface area (TPSA) is 93.5 Å². The summed E-state index contributed by atoms with van der Waals surface area (Å²) in [6, 6.07) is 16.0. The minimum Gasteiger partial charge on any atom is -0.476 e. The molecule has 5 rings (SSSR count). The van der Waals surface area contributed by atoms with Crippen LogP contribution in [0.15, 0.2) is 54.7 Å². The first-order valence-electron chi connectivity index (χ1n) is 10.0. The van der Waals surface area contributed by atoms with E-state index < -0.39 is 12.1 Å². The van der Waals surface area contributed by atoms with Crippen molar-refractivity contribution in [1.82, 2.24) is 14.9 Å². The van der Waals surface area contributed by atoms with Crippen molar-refractivity contribution in [2.24, 2.45) is 0 Å². The van der Waals surface area contributed by atoms with E-state index in [2.05, 4.69) is 34.6 Å². The molecule has 2 aliphatic rings. The molecule has 7 heteroatoms. The second-order valence-corrected chi connectivity index (χ2v) is 7.65. The number of ether oxygens (including phenoxy) is 1. The lowest BCUT2D eigenvalue weighted by Gasteiger charge is -2.24. The maximum absolute atomic E-state index is 12.6. The molecule has 7 nitrogen and oxygen atoms in total. The van der Waals surface area contributed by atoms with Crippen molar-refractivity contribution in [3.63, 3.8) is 0 Å². The Balaban J connectivity index is 1.30. The van der Waals surface area contributed by atoms with E-state index in [0.29, 0.717) is 18.8 Å². The number of nitrogens with one attached hydrogen (secondary N) is 1. The fourth-order valence-electron chi connectivity index (χ4n) is 4.50. The number of benzene rings is 2. The molecule has 1 aromatic heterocycles. The van der Waals surface area contributed by atoms with E-state index in [4.69, 9.17) is 4.74 Å². The van der Waals surface area contributed by atoms with Crippen molar-refractivity contribution in [2.45, 2.75) is 31.3 Å². The minimum absolute atomic E-state index is 0.00453. The van der Waals surface area contributed by atoms with Crippen LogP contribution in [0.5, 0.6) is 0 Å². The van der Waals surface area contributed by atoms with Crippen molar-refractivity contribution in [1.29, 1.82) is 0 Å². The van der Waals surface area contributed by atoms with Gasteiger partial charge in [0.2, 0.25) is 0 Å². The van der Waals surface area contributed by atoms with E-state index in [0.717, 1.165) is 17.5 Å². The number of aryl methyl sites for hydroxylation is 1. The quantitative estimate of drug-likeness (QED) is 0.688. The number of amides is 1. The number of hydrogen-bond acceptors (Lipinski definition) is 4. The van der Waals surface area contributed by atoms with Crippen molar-refractivity contribution in [3.05, 3.63) is 77.4 Å². The van der Waals surface area contributed by atoms with E-state index in [9.17, 15) is 14.7 Å². The fraction of sp³-hybridized carbons (Fsp3) is 0.261. The molecule has 0 saturated heterocycles. The Labute approximate surface area is 173 Å². The normalized spacial score (nSPS) is 17.0. The lowest BCUT2D eigenvalue weighted by Crippen LogP contribution is -2.34. The molecule has 0 fully saturated rings. The summed E-state index contributed by atoms with van der Waals surface area (Å²) in [6.45, 7) is 0.930. The van der Waals surface area contributed by atoms with Crippen LogP contribution in [0.2, 0.25) is 0 Å². The highest BCUT2D eigenvalue weighted by atomic mass is 16.5. The van der Waals surface area contributed by atoms with Crippen LogP contribution < -0.4 is 5.32 Å². The zero-order valence-electron chi connectivity index (χ0n) is 16.2. The zero-order chi connectivity index (χ0) is 20.7. The van der Waals surface area contributed by atoms with Crippen LogP contribution in [-0.2, 0) is 11.3 Å². The average molecular weight is 403 g/mol. The molecule has 1 aliphatic carbocycles. The molecule has 0 radical (unpaired) electrons. The summed E-state index contributed by atoms with van der Waals surface area (Å²) < 4.78 is 7.40. The van der Waals surface area contributed by atoms with E-state index in [-0.39, 0.29) is 24.3 Å². The summed E-state index contributed by atoms with van der Waals surface area (Å²) in [5, 5.41) is 12.0. The molecule has 0 bridgehead atoms. The maximum atomic E-state index is 12.6. The molecule has 2 aromatic carbocycles. The molecule has 0 saturated carbocycles. The monoisotopic (exact) mass is 403 g/mol. The SMILES string of the molecule is O=C(NC1CCCn2cc(C(=O)O)nc21)OCC1c2ccccc2-c2ccccc21. The molecule has 152 valence electrons. The third kappa shape index (κ3) is 3.12. The number of hydrogen-bond donors (Lipinski definition) is 2. The molecular formula is C23H21N3O4. The summed E-state index contributed by atoms with van der Waals surface area (Å²) >= 11 is 0. The highest BCUT2D eigenvalue weighted by Crippen LogP contribution is 2.44. The number of imidazole rings is 1. The Bertz CT molecular complexity index is 1090. The summed E-state index contributed by atoms with van der Waals surface area (Å²) in [5.41, 5.74) is 4.66. The number of aromatic carboxylic acids is 1. The lowest BCUT2D eigenvalue weighted by molar-refractivity contribution is 0.0690. The van der Waals surface area contributed by atoms with Crippen LogP contribution in [0.3, 0.4) is 0 Å². The Morgan fingerprint density at radius 3 is 2.43 bits per heavy atom. The predicted molar refractivity (Wildman–Crippen MR) is 109 cm³/mol. The highest BCUT2D eigenvalue weighted by molar-refractivity contribution is 5.85. The van der Waals surface area contributed by atoms with Crippen molar-refractivity contribution >= 4 is 12.1 Å². The van der Waals surface area contributed by atoms with E-state index in [1.165, 1.54) is 17.3 Å². The predicted octanol–water partition coefficient (Wildman–Crippen LogP) is 3.95. The third-order valence-corrected chi connectivity index (χ3v) is 5.87. The first-order chi connectivity index (χ1) is 14.6. The highest BCUT2D eigenvalue weighted by Gasteiger charge is 2.30. The van der Waals surface area contributed by atoms with Crippen molar-refractivity contribution < 1.29 is 19.4 Å². The number of carboxylic acids is 1. The number of nitrogens with zero attached hydrogens (tertiary/aromatic N) is 2. The Hall–Kier alpha value is -3.61. The smallest absolute Gasteiger partial charge is 0.407 e. The van der Waals surface area contributed by atoms with Crippen LogP contribution in [-0.4, -0.2) is 33.3 Å². The van der Waals surface area contributed by atoms with Gasteiger partial charge in [-0.15, -0.1) is 0 Å². The number of carbonyl (C=O) groups is 2. The molecule has 1 atom stereocenters. The Morgan fingerprint density at radius 2 is 1.77 bits per heavy atom. The molecule has 1 aliphatic heterocycles. The first-order valence-corrected chi connectivity index (χ1v) is 10.0.